The van der Waals surface area contributed by atoms with Crippen molar-refractivity contribution >= 4 is 28.2 Å². The van der Waals surface area contributed by atoms with Crippen molar-refractivity contribution in [3.05, 3.63) is 60.3 Å². The number of hydrogen-bond donors (Lipinski definition) is 3. The topological polar surface area (TPSA) is 56.9 Å². The summed E-state index contributed by atoms with van der Waals surface area (Å²) in [5, 5.41) is 7.36. The van der Waals surface area contributed by atoms with Crippen molar-refractivity contribution in [2.45, 2.75) is 13.5 Å². The molecule has 3 aromatic rings. The van der Waals surface area contributed by atoms with Crippen LogP contribution in [0.15, 0.2) is 54.7 Å². The SMILES string of the molecule is CC(=O)Nc1ccc(CNc2ccc3[nH]ccc3c2)cc1. The van der Waals surface area contributed by atoms with Crippen molar-refractivity contribution in [1.29, 1.82) is 0 Å². The molecule has 106 valence electrons. The minimum atomic E-state index is -0.0549. The van der Waals surface area contributed by atoms with Gasteiger partial charge in [-0.1, -0.05) is 12.1 Å². The van der Waals surface area contributed by atoms with E-state index in [-0.39, 0.29) is 5.91 Å². The van der Waals surface area contributed by atoms with Gasteiger partial charge in [0.1, 0.15) is 0 Å². The van der Waals surface area contributed by atoms with Crippen LogP contribution in [-0.4, -0.2) is 10.9 Å². The monoisotopic (exact) mass is 279 g/mol. The maximum absolute atomic E-state index is 11.0. The summed E-state index contributed by atoms with van der Waals surface area (Å²) >= 11 is 0. The normalized spacial score (nSPS) is 10.5. The molecule has 0 bridgehead atoms. The lowest BCUT2D eigenvalue weighted by atomic mass is 10.2. The zero-order valence-corrected chi connectivity index (χ0v) is 11.8. The van der Waals surface area contributed by atoms with Gasteiger partial charge in [0.2, 0.25) is 5.91 Å². The van der Waals surface area contributed by atoms with Gasteiger partial charge in [-0.15, -0.1) is 0 Å². The summed E-state index contributed by atoms with van der Waals surface area (Å²) in [6.07, 6.45) is 1.94. The number of rotatable bonds is 4. The molecule has 0 atom stereocenters. The van der Waals surface area contributed by atoms with Crippen LogP contribution in [0.25, 0.3) is 10.9 Å². The van der Waals surface area contributed by atoms with Crippen molar-refractivity contribution in [2.24, 2.45) is 0 Å². The molecular formula is C17H17N3O. The van der Waals surface area contributed by atoms with Crippen LogP contribution in [0, 0.1) is 0 Å². The number of aromatic amines is 1. The van der Waals surface area contributed by atoms with E-state index < -0.39 is 0 Å². The van der Waals surface area contributed by atoms with Crippen LogP contribution >= 0.6 is 0 Å². The molecule has 0 aliphatic carbocycles. The highest BCUT2D eigenvalue weighted by Crippen LogP contribution is 2.18. The van der Waals surface area contributed by atoms with Crippen molar-refractivity contribution in [3.8, 4) is 0 Å². The second kappa shape index (κ2) is 5.71. The summed E-state index contributed by atoms with van der Waals surface area (Å²) in [6.45, 7) is 2.25. The first-order chi connectivity index (χ1) is 10.2. The van der Waals surface area contributed by atoms with E-state index in [0.29, 0.717) is 0 Å². The number of amides is 1. The Balaban J connectivity index is 1.65. The van der Waals surface area contributed by atoms with Gasteiger partial charge in [-0.05, 0) is 42.0 Å². The second-order valence-electron chi connectivity index (χ2n) is 5.01. The second-order valence-corrected chi connectivity index (χ2v) is 5.01. The summed E-state index contributed by atoms with van der Waals surface area (Å²) in [5.41, 5.74) is 4.21. The van der Waals surface area contributed by atoms with Crippen molar-refractivity contribution in [1.82, 2.24) is 4.98 Å². The third-order valence-corrected chi connectivity index (χ3v) is 3.32. The van der Waals surface area contributed by atoms with Gasteiger partial charge in [0.05, 0.1) is 0 Å². The Morgan fingerprint density at radius 1 is 1.05 bits per heavy atom. The predicted octanol–water partition coefficient (Wildman–Crippen LogP) is 3.74. The van der Waals surface area contributed by atoms with E-state index in [1.807, 2.05) is 30.5 Å². The molecule has 1 amide bonds. The first-order valence-corrected chi connectivity index (χ1v) is 6.88. The van der Waals surface area contributed by atoms with Crippen LogP contribution < -0.4 is 10.6 Å². The van der Waals surface area contributed by atoms with E-state index in [1.165, 1.54) is 17.9 Å². The van der Waals surface area contributed by atoms with E-state index in [1.54, 1.807) is 0 Å². The van der Waals surface area contributed by atoms with Gasteiger partial charge in [0, 0.05) is 41.9 Å². The molecule has 0 unspecified atom stereocenters. The average Bonchev–Trinajstić information content (AvgIpc) is 2.93. The molecule has 21 heavy (non-hydrogen) atoms. The van der Waals surface area contributed by atoms with Crippen LogP contribution in [0.1, 0.15) is 12.5 Å². The number of anilines is 2. The lowest BCUT2D eigenvalue weighted by molar-refractivity contribution is -0.114. The van der Waals surface area contributed by atoms with Crippen LogP contribution in [0.5, 0.6) is 0 Å². The van der Waals surface area contributed by atoms with Crippen LogP contribution in [0.3, 0.4) is 0 Å². The third-order valence-electron chi connectivity index (χ3n) is 3.32. The van der Waals surface area contributed by atoms with E-state index in [4.69, 9.17) is 0 Å². The number of H-pyrrole nitrogens is 1. The van der Waals surface area contributed by atoms with Gasteiger partial charge < -0.3 is 15.6 Å². The van der Waals surface area contributed by atoms with Crippen molar-refractivity contribution in [2.75, 3.05) is 10.6 Å². The molecular weight excluding hydrogens is 262 g/mol. The van der Waals surface area contributed by atoms with Gasteiger partial charge in [-0.3, -0.25) is 4.79 Å². The molecule has 0 fully saturated rings. The minimum absolute atomic E-state index is 0.0549. The first-order valence-electron chi connectivity index (χ1n) is 6.88. The zero-order valence-electron chi connectivity index (χ0n) is 11.8. The number of carbonyl (C=O) groups is 1. The molecule has 0 radical (unpaired) electrons. The van der Waals surface area contributed by atoms with E-state index in [9.17, 15) is 4.79 Å². The standard InChI is InChI=1S/C17H17N3O/c1-12(21)20-15-4-2-13(3-5-15)11-19-16-6-7-17-14(10-16)8-9-18-17/h2-10,18-19H,11H2,1H3,(H,20,21). The number of hydrogen-bond acceptors (Lipinski definition) is 2. The molecule has 3 rings (SSSR count). The van der Waals surface area contributed by atoms with Gasteiger partial charge in [-0.2, -0.15) is 0 Å². The van der Waals surface area contributed by atoms with Crippen molar-refractivity contribution in [3.63, 3.8) is 0 Å². The van der Waals surface area contributed by atoms with Gasteiger partial charge in [-0.25, -0.2) is 0 Å². The number of fused-ring (bicyclic) bond motifs is 1. The molecule has 0 aliphatic rings. The summed E-state index contributed by atoms with van der Waals surface area (Å²) in [5.74, 6) is -0.0549. The Morgan fingerprint density at radius 3 is 2.57 bits per heavy atom. The Labute approximate surface area is 123 Å². The molecule has 0 saturated carbocycles. The highest BCUT2D eigenvalue weighted by molar-refractivity contribution is 5.88. The zero-order chi connectivity index (χ0) is 14.7. The highest BCUT2D eigenvalue weighted by Gasteiger charge is 1.99. The number of aromatic nitrogens is 1. The van der Waals surface area contributed by atoms with Crippen LogP contribution in [0.4, 0.5) is 11.4 Å². The Hall–Kier alpha value is -2.75. The molecule has 2 aromatic carbocycles. The quantitative estimate of drug-likeness (QED) is 0.681. The highest BCUT2D eigenvalue weighted by atomic mass is 16.1. The fraction of sp³-hybridized carbons (Fsp3) is 0.118. The molecule has 0 saturated heterocycles. The first kappa shape index (κ1) is 13.2. The molecule has 3 N–H and O–H groups in total. The molecule has 1 heterocycles. The fourth-order valence-electron chi connectivity index (χ4n) is 2.28. The Morgan fingerprint density at radius 2 is 1.81 bits per heavy atom. The molecule has 1 aromatic heterocycles. The number of benzene rings is 2. The fourth-order valence-corrected chi connectivity index (χ4v) is 2.28. The summed E-state index contributed by atoms with van der Waals surface area (Å²) in [4.78, 5) is 14.1. The Bertz CT molecular complexity index is 759. The molecule has 4 heteroatoms. The van der Waals surface area contributed by atoms with Crippen LogP contribution in [0.2, 0.25) is 0 Å². The third kappa shape index (κ3) is 3.23. The largest absolute Gasteiger partial charge is 0.381 e. The maximum atomic E-state index is 11.0. The summed E-state index contributed by atoms with van der Waals surface area (Å²) < 4.78 is 0. The van der Waals surface area contributed by atoms with E-state index in [2.05, 4.69) is 39.9 Å². The lowest BCUT2D eigenvalue weighted by Gasteiger charge is -2.08. The van der Waals surface area contributed by atoms with E-state index in [0.717, 1.165) is 23.4 Å². The van der Waals surface area contributed by atoms with Crippen LogP contribution in [-0.2, 0) is 11.3 Å². The summed E-state index contributed by atoms with van der Waals surface area (Å²) in [6, 6.07) is 16.1. The maximum Gasteiger partial charge on any atom is 0.221 e. The molecule has 0 spiro atoms. The van der Waals surface area contributed by atoms with Gasteiger partial charge >= 0.3 is 0 Å². The van der Waals surface area contributed by atoms with Gasteiger partial charge in [0.25, 0.3) is 0 Å². The molecule has 4 nitrogen and oxygen atoms in total. The van der Waals surface area contributed by atoms with Gasteiger partial charge in [0.15, 0.2) is 0 Å². The van der Waals surface area contributed by atoms with E-state index >= 15 is 0 Å². The molecule has 0 aliphatic heterocycles. The number of carbonyl (C=O) groups excluding carboxylic acids is 1. The number of nitrogens with one attached hydrogen (secondary N) is 3. The Kier molecular flexibility index (Phi) is 3.60. The van der Waals surface area contributed by atoms with Crippen molar-refractivity contribution < 1.29 is 4.79 Å². The summed E-state index contributed by atoms with van der Waals surface area (Å²) in [7, 11) is 0. The average molecular weight is 279 g/mol. The predicted molar refractivity (Wildman–Crippen MR) is 86.4 cm³/mol. The minimum Gasteiger partial charge on any atom is -0.381 e. The lowest BCUT2D eigenvalue weighted by Crippen LogP contribution is -2.06. The smallest absolute Gasteiger partial charge is 0.221 e.